The lowest BCUT2D eigenvalue weighted by Crippen LogP contribution is -2.51. The van der Waals surface area contributed by atoms with Crippen molar-refractivity contribution in [3.63, 3.8) is 0 Å². The number of halogens is 1. The van der Waals surface area contributed by atoms with Gasteiger partial charge >= 0.3 is 5.97 Å². The number of aliphatic carboxylic acids is 1. The fourth-order valence-electron chi connectivity index (χ4n) is 2.63. The number of likely N-dealkylation sites (N-methyl/N-ethyl adjacent to an activating group) is 1. The highest BCUT2D eigenvalue weighted by atomic mass is 79.9. The first kappa shape index (κ1) is 15.8. The number of hydrogen-bond acceptors (Lipinski definition) is 4. The SMILES string of the molecule is CCN(CC(=O)O)C1CC(Nc2ccc(Br)cc2C#N)C1. The van der Waals surface area contributed by atoms with E-state index < -0.39 is 5.97 Å². The average Bonchev–Trinajstić information content (AvgIpc) is 2.41. The van der Waals surface area contributed by atoms with Crippen molar-refractivity contribution in [2.75, 3.05) is 18.4 Å². The smallest absolute Gasteiger partial charge is 0.317 e. The molecule has 2 N–H and O–H groups in total. The van der Waals surface area contributed by atoms with E-state index in [9.17, 15) is 4.79 Å². The van der Waals surface area contributed by atoms with Crippen LogP contribution >= 0.6 is 15.9 Å². The number of hydrogen-bond donors (Lipinski definition) is 2. The minimum atomic E-state index is -0.784. The molecule has 0 saturated heterocycles. The summed E-state index contributed by atoms with van der Waals surface area (Å²) in [5.74, 6) is -0.784. The summed E-state index contributed by atoms with van der Waals surface area (Å²) in [6.45, 7) is 2.81. The molecule has 6 heteroatoms. The Morgan fingerprint density at radius 3 is 2.86 bits per heavy atom. The van der Waals surface area contributed by atoms with Gasteiger partial charge in [0.1, 0.15) is 6.07 Å². The number of anilines is 1. The molecule has 0 radical (unpaired) electrons. The number of carbonyl (C=O) groups is 1. The fourth-order valence-corrected chi connectivity index (χ4v) is 2.99. The molecule has 0 atom stereocenters. The van der Waals surface area contributed by atoms with E-state index in [-0.39, 0.29) is 6.54 Å². The second kappa shape index (κ2) is 6.92. The molecule has 1 aromatic rings. The van der Waals surface area contributed by atoms with E-state index in [1.807, 2.05) is 24.0 Å². The third kappa shape index (κ3) is 3.96. The van der Waals surface area contributed by atoms with Gasteiger partial charge in [-0.2, -0.15) is 5.26 Å². The van der Waals surface area contributed by atoms with Crippen molar-refractivity contribution in [1.82, 2.24) is 4.90 Å². The van der Waals surface area contributed by atoms with Crippen LogP contribution in [0.3, 0.4) is 0 Å². The Labute approximate surface area is 132 Å². The monoisotopic (exact) mass is 351 g/mol. The molecule has 0 aliphatic heterocycles. The molecule has 5 nitrogen and oxygen atoms in total. The van der Waals surface area contributed by atoms with Crippen molar-refractivity contribution in [2.24, 2.45) is 0 Å². The second-order valence-corrected chi connectivity index (χ2v) is 6.14. The Balaban J connectivity index is 1.91. The van der Waals surface area contributed by atoms with Crippen molar-refractivity contribution in [3.05, 3.63) is 28.2 Å². The zero-order chi connectivity index (χ0) is 15.4. The molecule has 21 heavy (non-hydrogen) atoms. The molecule has 112 valence electrons. The van der Waals surface area contributed by atoms with Gasteiger partial charge in [0.2, 0.25) is 0 Å². The molecule has 0 amide bonds. The Bertz CT molecular complexity index is 565. The van der Waals surface area contributed by atoms with Crippen LogP contribution in [0.2, 0.25) is 0 Å². The van der Waals surface area contributed by atoms with E-state index >= 15 is 0 Å². The molecule has 0 aromatic heterocycles. The van der Waals surface area contributed by atoms with Crippen LogP contribution in [0, 0.1) is 11.3 Å². The molecular formula is C15H18BrN3O2. The number of nitriles is 1. The third-order valence-corrected chi connectivity index (χ3v) is 4.33. The molecule has 1 aliphatic rings. The lowest BCUT2D eigenvalue weighted by atomic mass is 9.85. The van der Waals surface area contributed by atoms with Gasteiger partial charge in [-0.1, -0.05) is 22.9 Å². The third-order valence-electron chi connectivity index (χ3n) is 3.84. The van der Waals surface area contributed by atoms with Gasteiger partial charge in [-0.3, -0.25) is 9.69 Å². The van der Waals surface area contributed by atoms with Gasteiger partial charge in [-0.05, 0) is 37.6 Å². The molecule has 1 aliphatic carbocycles. The molecule has 1 fully saturated rings. The van der Waals surface area contributed by atoms with E-state index in [1.54, 1.807) is 6.07 Å². The number of benzene rings is 1. The standard InChI is InChI=1S/C15H18BrN3O2/c1-2-19(9-15(20)21)13-6-12(7-13)18-14-4-3-11(16)5-10(14)8-17/h3-5,12-13,18H,2,6-7,9H2,1H3,(H,20,21). The van der Waals surface area contributed by atoms with Crippen molar-refractivity contribution >= 4 is 27.6 Å². The van der Waals surface area contributed by atoms with Crippen LogP contribution in [0.25, 0.3) is 0 Å². The van der Waals surface area contributed by atoms with Gasteiger partial charge in [-0.15, -0.1) is 0 Å². The number of rotatable bonds is 6. The summed E-state index contributed by atoms with van der Waals surface area (Å²) in [7, 11) is 0. The van der Waals surface area contributed by atoms with Gasteiger partial charge in [0.15, 0.2) is 0 Å². The van der Waals surface area contributed by atoms with Crippen molar-refractivity contribution in [3.8, 4) is 6.07 Å². The van der Waals surface area contributed by atoms with Crippen LogP contribution in [-0.2, 0) is 4.79 Å². The molecule has 0 bridgehead atoms. The number of carboxylic acid groups (broad SMARTS) is 1. The summed E-state index contributed by atoms with van der Waals surface area (Å²) < 4.78 is 0.884. The molecular weight excluding hydrogens is 334 g/mol. The highest BCUT2D eigenvalue weighted by molar-refractivity contribution is 9.10. The highest BCUT2D eigenvalue weighted by Gasteiger charge is 2.33. The Morgan fingerprint density at radius 1 is 1.57 bits per heavy atom. The largest absolute Gasteiger partial charge is 0.480 e. The maximum absolute atomic E-state index is 10.8. The summed E-state index contributed by atoms with van der Waals surface area (Å²) in [6, 6.07) is 8.38. The van der Waals surface area contributed by atoms with Crippen LogP contribution in [0.4, 0.5) is 5.69 Å². The fraction of sp³-hybridized carbons (Fsp3) is 0.467. The second-order valence-electron chi connectivity index (χ2n) is 5.23. The van der Waals surface area contributed by atoms with Crippen LogP contribution in [0.1, 0.15) is 25.3 Å². The maximum Gasteiger partial charge on any atom is 0.317 e. The maximum atomic E-state index is 10.8. The normalized spacial score (nSPS) is 20.7. The first-order chi connectivity index (χ1) is 10.0. The number of nitrogens with zero attached hydrogens (tertiary/aromatic N) is 2. The molecule has 1 saturated carbocycles. The average molecular weight is 352 g/mol. The lowest BCUT2D eigenvalue weighted by molar-refractivity contribution is -0.139. The van der Waals surface area contributed by atoms with E-state index in [4.69, 9.17) is 10.4 Å². The number of carboxylic acids is 1. The summed E-state index contributed by atoms with van der Waals surface area (Å²) in [6.07, 6.45) is 1.81. The Hall–Kier alpha value is -1.58. The molecule has 0 unspecified atom stereocenters. The minimum absolute atomic E-state index is 0.0929. The summed E-state index contributed by atoms with van der Waals surface area (Å²) in [5, 5.41) is 21.4. The lowest BCUT2D eigenvalue weighted by Gasteiger charge is -2.42. The summed E-state index contributed by atoms with van der Waals surface area (Å²) in [5.41, 5.74) is 1.45. The molecule has 2 rings (SSSR count). The van der Waals surface area contributed by atoms with E-state index in [0.717, 1.165) is 29.5 Å². The molecule has 0 heterocycles. The van der Waals surface area contributed by atoms with E-state index in [1.165, 1.54) is 0 Å². The quantitative estimate of drug-likeness (QED) is 0.823. The first-order valence-electron chi connectivity index (χ1n) is 6.95. The van der Waals surface area contributed by atoms with Crippen molar-refractivity contribution in [2.45, 2.75) is 31.8 Å². The zero-order valence-electron chi connectivity index (χ0n) is 11.8. The summed E-state index contributed by atoms with van der Waals surface area (Å²) >= 11 is 3.35. The summed E-state index contributed by atoms with van der Waals surface area (Å²) in [4.78, 5) is 12.8. The van der Waals surface area contributed by atoms with Crippen LogP contribution < -0.4 is 5.32 Å². The van der Waals surface area contributed by atoms with Crippen molar-refractivity contribution < 1.29 is 9.90 Å². The van der Waals surface area contributed by atoms with Gasteiger partial charge in [0.25, 0.3) is 0 Å². The predicted octanol–water partition coefficient (Wildman–Crippen LogP) is 2.67. The van der Waals surface area contributed by atoms with Gasteiger partial charge in [-0.25, -0.2) is 0 Å². The zero-order valence-corrected chi connectivity index (χ0v) is 13.4. The minimum Gasteiger partial charge on any atom is -0.480 e. The first-order valence-corrected chi connectivity index (χ1v) is 7.74. The number of nitrogens with one attached hydrogen (secondary N) is 1. The Morgan fingerprint density at radius 2 is 2.29 bits per heavy atom. The topological polar surface area (TPSA) is 76.4 Å². The Kier molecular flexibility index (Phi) is 5.21. The van der Waals surface area contributed by atoms with Crippen LogP contribution in [0.15, 0.2) is 22.7 Å². The van der Waals surface area contributed by atoms with E-state index in [2.05, 4.69) is 27.3 Å². The van der Waals surface area contributed by atoms with Crippen LogP contribution in [-0.4, -0.2) is 41.1 Å². The van der Waals surface area contributed by atoms with Gasteiger partial charge in [0, 0.05) is 16.6 Å². The molecule has 0 spiro atoms. The van der Waals surface area contributed by atoms with E-state index in [0.29, 0.717) is 17.6 Å². The van der Waals surface area contributed by atoms with Gasteiger partial charge in [0.05, 0.1) is 17.8 Å². The van der Waals surface area contributed by atoms with Gasteiger partial charge < -0.3 is 10.4 Å². The predicted molar refractivity (Wildman–Crippen MR) is 84.2 cm³/mol. The molecule has 1 aromatic carbocycles. The van der Waals surface area contributed by atoms with Crippen LogP contribution in [0.5, 0.6) is 0 Å². The highest BCUT2D eigenvalue weighted by Crippen LogP contribution is 2.30. The van der Waals surface area contributed by atoms with Crippen molar-refractivity contribution in [1.29, 1.82) is 5.26 Å².